The summed E-state index contributed by atoms with van der Waals surface area (Å²) >= 11 is 0. The minimum atomic E-state index is -0.930. The van der Waals surface area contributed by atoms with Crippen molar-refractivity contribution >= 4 is 11.8 Å². The molecule has 4 nitrogen and oxygen atoms in total. The van der Waals surface area contributed by atoms with Crippen molar-refractivity contribution in [2.24, 2.45) is 50.7 Å². The van der Waals surface area contributed by atoms with Crippen molar-refractivity contribution in [2.45, 2.75) is 105 Å². The Labute approximate surface area is 256 Å². The predicted octanol–water partition coefficient (Wildman–Crippen LogP) is -1.94. The first kappa shape index (κ1) is 30.4. The molecule has 9 unspecified atom stereocenters. The molecule has 0 saturated heterocycles. The second-order valence-electron chi connectivity index (χ2n) is 14.1. The number of hydrogen-bond acceptors (Lipinski definition) is 4. The zero-order valence-corrected chi connectivity index (χ0v) is 27.5. The zero-order valence-electron chi connectivity index (χ0n) is 23.5. The fourth-order valence-corrected chi connectivity index (χ4v) is 10.2. The molecule has 0 bridgehead atoms. The van der Waals surface area contributed by atoms with Crippen molar-refractivity contribution in [3.05, 3.63) is 11.6 Å². The van der Waals surface area contributed by atoms with Crippen LogP contribution in [0.2, 0.25) is 0 Å². The van der Waals surface area contributed by atoms with Gasteiger partial charge in [-0.15, -0.1) is 6.10 Å². The van der Waals surface area contributed by atoms with Gasteiger partial charge in [0.15, 0.2) is 5.78 Å². The summed E-state index contributed by atoms with van der Waals surface area (Å²) < 4.78 is 0. The van der Waals surface area contributed by atoms with E-state index < -0.39 is 18.0 Å². The molecule has 0 N–H and O–H groups in total. The summed E-state index contributed by atoms with van der Waals surface area (Å²) in [6.45, 7) is 13.7. The Morgan fingerprint density at radius 3 is 2.20 bits per heavy atom. The van der Waals surface area contributed by atoms with Crippen molar-refractivity contribution in [3.8, 4) is 0 Å². The van der Waals surface area contributed by atoms with Gasteiger partial charge in [0.05, 0.1) is 0 Å². The molecule has 0 aromatic heterocycles. The first-order chi connectivity index (χ1) is 15.2. The van der Waals surface area contributed by atoms with Gasteiger partial charge in [-0.25, -0.2) is 0 Å². The maximum atomic E-state index is 14.1. The van der Waals surface area contributed by atoms with Gasteiger partial charge < -0.3 is 15.0 Å². The summed E-state index contributed by atoms with van der Waals surface area (Å²) in [6, 6.07) is 0. The van der Waals surface area contributed by atoms with E-state index >= 15 is 0 Å². The van der Waals surface area contributed by atoms with E-state index in [1.807, 2.05) is 6.08 Å². The number of carbonyl (C=O) groups is 2. The van der Waals surface area contributed by atoms with Crippen LogP contribution >= 0.6 is 0 Å². The summed E-state index contributed by atoms with van der Waals surface area (Å²) in [6.07, 6.45) is 9.27. The van der Waals surface area contributed by atoms with Gasteiger partial charge in [-0.1, -0.05) is 53.5 Å². The Hall–Kier alpha value is 0.840. The van der Waals surface area contributed by atoms with Crippen molar-refractivity contribution in [2.75, 3.05) is 0 Å². The Morgan fingerprint density at radius 2 is 1.57 bits per heavy atom. The second-order valence-corrected chi connectivity index (χ2v) is 14.1. The van der Waals surface area contributed by atoms with E-state index in [0.717, 1.165) is 38.5 Å². The Morgan fingerprint density at radius 1 is 0.914 bits per heavy atom. The summed E-state index contributed by atoms with van der Waals surface area (Å²) in [4.78, 5) is 25.9. The number of aliphatic carboxylic acids is 1. The molecule has 9 atom stereocenters. The summed E-state index contributed by atoms with van der Waals surface area (Å²) in [7, 11) is 0. The van der Waals surface area contributed by atoms with Crippen LogP contribution in [0.3, 0.4) is 0 Å². The molecule has 5 rings (SSSR count). The molecule has 184 valence electrons. The third kappa shape index (κ3) is 4.01. The zero-order chi connectivity index (χ0) is 24.2. The van der Waals surface area contributed by atoms with E-state index in [4.69, 9.17) is 0 Å². The van der Waals surface area contributed by atoms with Gasteiger partial charge in [-0.3, -0.25) is 4.79 Å². The summed E-state index contributed by atoms with van der Waals surface area (Å²) in [5.74, 6) is -0.734. The molecular weight excluding hydrogens is 458 g/mol. The van der Waals surface area contributed by atoms with Crippen molar-refractivity contribution in [3.63, 3.8) is 0 Å². The van der Waals surface area contributed by atoms with Crippen molar-refractivity contribution < 1.29 is 78.9 Å². The molecule has 0 heterocycles. The van der Waals surface area contributed by atoms with Crippen LogP contribution in [0.25, 0.3) is 0 Å². The van der Waals surface area contributed by atoms with Crippen molar-refractivity contribution in [1.82, 2.24) is 0 Å². The van der Waals surface area contributed by atoms with E-state index in [0.29, 0.717) is 19.3 Å². The fourth-order valence-electron chi connectivity index (χ4n) is 10.2. The molecule has 4 saturated carbocycles. The third-order valence-electron chi connectivity index (χ3n) is 12.5. The number of carboxylic acid groups (broad SMARTS) is 1. The number of ketones is 1. The first-order valence-corrected chi connectivity index (χ1v) is 13.3. The number of fused-ring (bicyclic) bond motifs is 7. The van der Waals surface area contributed by atoms with Crippen molar-refractivity contribution in [1.29, 1.82) is 0 Å². The second kappa shape index (κ2) is 9.49. The quantitative estimate of drug-likeness (QED) is 0.393. The van der Waals surface area contributed by atoms with E-state index in [1.54, 1.807) is 0 Å². The first-order valence-electron chi connectivity index (χ1n) is 13.3. The standard InChI is InChI=1S/C29H43O4.2Na/c1-25(2)21-8-12-29(6)23(27(21,4)11-9-22(25)31)20(30)16-19-18-15-17(24(32)33)7-10-26(18,3)13-14-28(19,29)5;;/h16-18,21-23H,7-15H2,1-6H3,(H,32,33);;/q-1;2*+1/p-1. The minimum absolute atomic E-state index is 0. The molecule has 0 spiro atoms. The van der Waals surface area contributed by atoms with Crippen LogP contribution in [-0.4, -0.2) is 17.9 Å². The monoisotopic (exact) mass is 500 g/mol. The molecule has 5 aliphatic rings. The molecule has 0 amide bonds. The molecule has 0 radical (unpaired) electrons. The maximum absolute atomic E-state index is 14.1. The van der Waals surface area contributed by atoms with Gasteiger partial charge in [0.25, 0.3) is 0 Å². The van der Waals surface area contributed by atoms with E-state index in [-0.39, 0.29) is 110 Å². The van der Waals surface area contributed by atoms with Crippen LogP contribution in [0.4, 0.5) is 0 Å². The Bertz CT molecular complexity index is 930. The van der Waals surface area contributed by atoms with Gasteiger partial charge >= 0.3 is 59.1 Å². The normalized spacial score (nSPS) is 50.1. The van der Waals surface area contributed by atoms with Crippen LogP contribution in [0.15, 0.2) is 11.6 Å². The number of allylic oxidation sites excluding steroid dienone is 2. The summed E-state index contributed by atoms with van der Waals surface area (Å²) in [5, 5.41) is 24.7. The van der Waals surface area contributed by atoms with Crippen LogP contribution in [0.1, 0.15) is 99.3 Å². The topological polar surface area (TPSA) is 80.3 Å². The largest absolute Gasteiger partial charge is 1.00 e. The summed E-state index contributed by atoms with van der Waals surface area (Å²) in [5.41, 5.74) is 0.613. The molecule has 0 aliphatic heterocycles. The molecule has 0 aromatic rings. The minimum Gasteiger partial charge on any atom is -0.852 e. The number of carbonyl (C=O) groups excluding carboxylic acids is 2. The van der Waals surface area contributed by atoms with Crippen LogP contribution < -0.4 is 69.3 Å². The van der Waals surface area contributed by atoms with Crippen LogP contribution in [0, 0.1) is 50.7 Å². The third-order valence-corrected chi connectivity index (χ3v) is 12.5. The van der Waals surface area contributed by atoms with E-state index in [2.05, 4.69) is 41.5 Å². The SMILES string of the molecule is CC12CCC(C(=O)[O-])CC1C1=CC(=O)C3C4(C)CCC([O-])C(C)(C)C4CCC3(C)C1(C)CC2.[Na+].[Na+]. The fraction of sp³-hybridized carbons (Fsp3) is 0.862. The van der Waals surface area contributed by atoms with Gasteiger partial charge in [0.1, 0.15) is 0 Å². The molecular formula is C29H42Na2O4. The number of rotatable bonds is 1. The van der Waals surface area contributed by atoms with Gasteiger partial charge in [-0.2, -0.15) is 0 Å². The van der Waals surface area contributed by atoms with E-state index in [9.17, 15) is 19.8 Å². The van der Waals surface area contributed by atoms with Gasteiger partial charge in [-0.05, 0) is 102 Å². The average Bonchev–Trinajstić information content (AvgIpc) is 2.72. The number of hydrogen-bond donors (Lipinski definition) is 0. The van der Waals surface area contributed by atoms with Crippen LogP contribution in [-0.2, 0) is 9.59 Å². The Balaban J connectivity index is 0.00000171. The average molecular weight is 501 g/mol. The smallest absolute Gasteiger partial charge is 0.852 e. The molecule has 4 fully saturated rings. The molecule has 6 heteroatoms. The molecule has 0 aromatic carbocycles. The van der Waals surface area contributed by atoms with Gasteiger partial charge in [0, 0.05) is 11.9 Å². The van der Waals surface area contributed by atoms with E-state index in [1.165, 1.54) is 5.57 Å². The van der Waals surface area contributed by atoms with Gasteiger partial charge in [0.2, 0.25) is 0 Å². The number of carboxylic acids is 1. The Kier molecular flexibility index (Phi) is 8.24. The van der Waals surface area contributed by atoms with Crippen LogP contribution in [0.5, 0.6) is 0 Å². The molecule has 5 aliphatic carbocycles. The molecule has 35 heavy (non-hydrogen) atoms. The predicted molar refractivity (Wildman–Crippen MR) is 124 cm³/mol. The maximum Gasteiger partial charge on any atom is 1.00 e.